The second-order valence-corrected chi connectivity index (χ2v) is 4.81. The molecule has 2 rings (SSSR count). The number of carbonyl (C=O) groups excluding carboxylic acids is 2. The molecule has 21 heavy (non-hydrogen) atoms. The number of carbonyl (C=O) groups is 2. The summed E-state index contributed by atoms with van der Waals surface area (Å²) in [6.07, 6.45) is 1.41. The average molecular weight is 314 g/mol. The maximum Gasteiger partial charge on any atom is 0.241 e. The Morgan fingerprint density at radius 3 is 2.71 bits per heavy atom. The van der Waals surface area contributed by atoms with Crippen LogP contribution < -0.4 is 20.7 Å². The van der Waals surface area contributed by atoms with E-state index < -0.39 is 6.04 Å². The van der Waals surface area contributed by atoms with Gasteiger partial charge in [-0.3, -0.25) is 9.59 Å². The molecule has 2 amide bonds. The molecule has 0 bridgehead atoms. The van der Waals surface area contributed by atoms with Gasteiger partial charge in [0.2, 0.25) is 11.8 Å². The molecule has 1 aliphatic rings. The molecule has 1 unspecified atom stereocenters. The van der Waals surface area contributed by atoms with Crippen LogP contribution in [0.15, 0.2) is 18.2 Å². The number of methoxy groups -OCH3 is 1. The van der Waals surface area contributed by atoms with Crippen molar-refractivity contribution in [2.45, 2.75) is 25.8 Å². The van der Waals surface area contributed by atoms with Crippen LogP contribution in [0.2, 0.25) is 0 Å². The summed E-state index contributed by atoms with van der Waals surface area (Å²) in [6, 6.07) is 4.63. The number of nitrogens with two attached hydrogens (primary N) is 1. The van der Waals surface area contributed by atoms with Crippen molar-refractivity contribution < 1.29 is 14.3 Å². The fraction of sp³-hybridized carbons (Fsp3) is 0.429. The van der Waals surface area contributed by atoms with Crippen LogP contribution in [0.1, 0.15) is 19.8 Å². The Morgan fingerprint density at radius 2 is 2.19 bits per heavy atom. The third-order valence-electron chi connectivity index (χ3n) is 3.23. The monoisotopic (exact) mass is 313 g/mol. The van der Waals surface area contributed by atoms with Gasteiger partial charge in [-0.15, -0.1) is 12.4 Å². The zero-order valence-electron chi connectivity index (χ0n) is 12.1. The summed E-state index contributed by atoms with van der Waals surface area (Å²) in [7, 11) is 1.54. The zero-order chi connectivity index (χ0) is 14.7. The van der Waals surface area contributed by atoms with E-state index in [1.54, 1.807) is 30.0 Å². The Labute approximate surface area is 130 Å². The van der Waals surface area contributed by atoms with E-state index in [9.17, 15) is 9.59 Å². The summed E-state index contributed by atoms with van der Waals surface area (Å²) in [5, 5.41) is 2.70. The van der Waals surface area contributed by atoms with Crippen molar-refractivity contribution in [3.05, 3.63) is 18.2 Å². The summed E-state index contributed by atoms with van der Waals surface area (Å²) in [4.78, 5) is 25.0. The molecule has 3 N–H and O–H groups in total. The summed E-state index contributed by atoms with van der Waals surface area (Å²) < 4.78 is 5.31. The number of halogens is 1. The maximum atomic E-state index is 11.8. The SMILES string of the molecule is COc1cc(NC(=O)C(C)N)ccc1N1CCCC1=O.Cl. The second kappa shape index (κ2) is 7.28. The third-order valence-corrected chi connectivity index (χ3v) is 3.23. The Morgan fingerprint density at radius 1 is 1.48 bits per heavy atom. The highest BCUT2D eigenvalue weighted by atomic mass is 35.5. The molecular formula is C14H20ClN3O3. The van der Waals surface area contributed by atoms with Crippen molar-refractivity contribution in [2.75, 3.05) is 23.9 Å². The van der Waals surface area contributed by atoms with Gasteiger partial charge < -0.3 is 20.7 Å². The minimum absolute atomic E-state index is 0. The number of hydrogen-bond acceptors (Lipinski definition) is 4. The van der Waals surface area contributed by atoms with Gasteiger partial charge in [0.05, 0.1) is 18.8 Å². The van der Waals surface area contributed by atoms with Gasteiger partial charge in [0.25, 0.3) is 0 Å². The van der Waals surface area contributed by atoms with Crippen LogP contribution in [0.25, 0.3) is 0 Å². The van der Waals surface area contributed by atoms with Crippen molar-refractivity contribution in [3.63, 3.8) is 0 Å². The first kappa shape index (κ1) is 17.3. The predicted molar refractivity (Wildman–Crippen MR) is 84.1 cm³/mol. The molecule has 0 aromatic heterocycles. The minimum atomic E-state index is -0.583. The number of nitrogens with zero attached hydrogens (tertiary/aromatic N) is 1. The van der Waals surface area contributed by atoms with E-state index in [0.717, 1.165) is 12.1 Å². The number of amides is 2. The quantitative estimate of drug-likeness (QED) is 0.883. The van der Waals surface area contributed by atoms with E-state index >= 15 is 0 Å². The Bertz CT molecular complexity index is 534. The smallest absolute Gasteiger partial charge is 0.241 e. The van der Waals surface area contributed by atoms with Gasteiger partial charge >= 0.3 is 0 Å². The van der Waals surface area contributed by atoms with Gasteiger partial charge in [0, 0.05) is 24.7 Å². The Hall–Kier alpha value is -1.79. The lowest BCUT2D eigenvalue weighted by Gasteiger charge is -2.20. The molecule has 1 heterocycles. The van der Waals surface area contributed by atoms with Crippen LogP contribution in [0.3, 0.4) is 0 Å². The van der Waals surface area contributed by atoms with E-state index in [0.29, 0.717) is 24.4 Å². The molecule has 1 atom stereocenters. The van der Waals surface area contributed by atoms with Gasteiger partial charge in [-0.25, -0.2) is 0 Å². The molecule has 1 fully saturated rings. The average Bonchev–Trinajstić information content (AvgIpc) is 2.84. The number of benzene rings is 1. The molecule has 7 heteroatoms. The van der Waals surface area contributed by atoms with E-state index in [-0.39, 0.29) is 24.2 Å². The van der Waals surface area contributed by atoms with Crippen LogP contribution in [0.4, 0.5) is 11.4 Å². The number of anilines is 2. The molecule has 116 valence electrons. The summed E-state index contributed by atoms with van der Waals surface area (Å²) in [6.45, 7) is 2.31. The first-order chi connectivity index (χ1) is 9.52. The lowest BCUT2D eigenvalue weighted by atomic mass is 10.2. The van der Waals surface area contributed by atoms with Gasteiger partial charge in [-0.2, -0.15) is 0 Å². The van der Waals surface area contributed by atoms with E-state index in [4.69, 9.17) is 10.5 Å². The lowest BCUT2D eigenvalue weighted by molar-refractivity contribution is -0.117. The molecule has 1 aromatic carbocycles. The van der Waals surface area contributed by atoms with Crippen molar-refractivity contribution in [1.29, 1.82) is 0 Å². The van der Waals surface area contributed by atoms with Crippen molar-refractivity contribution in [2.24, 2.45) is 5.73 Å². The second-order valence-electron chi connectivity index (χ2n) is 4.81. The highest BCUT2D eigenvalue weighted by molar-refractivity contribution is 5.98. The minimum Gasteiger partial charge on any atom is -0.494 e. The first-order valence-corrected chi connectivity index (χ1v) is 6.58. The third kappa shape index (κ3) is 3.86. The molecule has 0 spiro atoms. The fourth-order valence-corrected chi connectivity index (χ4v) is 2.14. The molecule has 0 saturated carbocycles. The molecular weight excluding hydrogens is 294 g/mol. The standard InChI is InChI=1S/C14H19N3O3.ClH/c1-9(15)14(19)16-10-5-6-11(12(8-10)20-2)17-7-3-4-13(17)18;/h5-6,8-9H,3-4,7,15H2,1-2H3,(H,16,19);1H. The highest BCUT2D eigenvalue weighted by Gasteiger charge is 2.24. The lowest BCUT2D eigenvalue weighted by Crippen LogP contribution is -2.32. The molecule has 0 radical (unpaired) electrons. The van der Waals surface area contributed by atoms with Crippen LogP contribution in [-0.4, -0.2) is 31.5 Å². The highest BCUT2D eigenvalue weighted by Crippen LogP contribution is 2.33. The van der Waals surface area contributed by atoms with E-state index in [2.05, 4.69) is 5.32 Å². The van der Waals surface area contributed by atoms with E-state index in [1.807, 2.05) is 0 Å². The number of hydrogen-bond donors (Lipinski definition) is 2. The van der Waals surface area contributed by atoms with Crippen LogP contribution >= 0.6 is 12.4 Å². The fourth-order valence-electron chi connectivity index (χ4n) is 2.14. The van der Waals surface area contributed by atoms with Gasteiger partial charge in [0.15, 0.2) is 0 Å². The zero-order valence-corrected chi connectivity index (χ0v) is 12.9. The largest absolute Gasteiger partial charge is 0.494 e. The van der Waals surface area contributed by atoms with E-state index in [1.165, 1.54) is 7.11 Å². The molecule has 6 nitrogen and oxygen atoms in total. The number of nitrogens with one attached hydrogen (secondary N) is 1. The van der Waals surface area contributed by atoms with Crippen LogP contribution in [0.5, 0.6) is 5.75 Å². The molecule has 1 aliphatic heterocycles. The number of rotatable bonds is 4. The Balaban J connectivity index is 0.00000220. The van der Waals surface area contributed by atoms with Crippen LogP contribution in [-0.2, 0) is 9.59 Å². The topological polar surface area (TPSA) is 84.7 Å². The maximum absolute atomic E-state index is 11.8. The van der Waals surface area contributed by atoms with Gasteiger partial charge in [0.1, 0.15) is 5.75 Å². The predicted octanol–water partition coefficient (Wildman–Crippen LogP) is 1.53. The summed E-state index contributed by atoms with van der Waals surface area (Å²) in [5.41, 5.74) is 6.83. The van der Waals surface area contributed by atoms with Gasteiger partial charge in [-0.1, -0.05) is 0 Å². The molecule has 1 saturated heterocycles. The first-order valence-electron chi connectivity index (χ1n) is 6.58. The molecule has 0 aliphatic carbocycles. The van der Waals surface area contributed by atoms with Crippen LogP contribution in [0, 0.1) is 0 Å². The van der Waals surface area contributed by atoms with Crippen molar-refractivity contribution >= 4 is 35.6 Å². The molecule has 1 aromatic rings. The van der Waals surface area contributed by atoms with Crippen molar-refractivity contribution in [3.8, 4) is 5.75 Å². The van der Waals surface area contributed by atoms with Crippen molar-refractivity contribution in [1.82, 2.24) is 0 Å². The summed E-state index contributed by atoms with van der Waals surface area (Å²) >= 11 is 0. The van der Waals surface area contributed by atoms with Gasteiger partial charge in [-0.05, 0) is 25.5 Å². The Kier molecular flexibility index (Phi) is 5.99. The summed E-state index contributed by atoms with van der Waals surface area (Å²) in [5.74, 6) is 0.385. The normalized spacial score (nSPS) is 15.4. The number of ether oxygens (including phenoxy) is 1.